The summed E-state index contributed by atoms with van der Waals surface area (Å²) in [6, 6.07) is 0. The first-order chi connectivity index (χ1) is 7.11. The zero-order valence-corrected chi connectivity index (χ0v) is 11.2. The Balaban J connectivity index is 3.95. The largest absolute Gasteiger partial charge is 0.385 e. The summed E-state index contributed by atoms with van der Waals surface area (Å²) < 4.78 is 5.15. The summed E-state index contributed by atoms with van der Waals surface area (Å²) in [6.45, 7) is 12.3. The molecule has 2 heteroatoms. The zero-order chi connectivity index (χ0) is 11.7. The molecule has 0 rings (SSSR count). The van der Waals surface area contributed by atoms with E-state index in [0.717, 1.165) is 37.5 Å². The molecule has 0 fully saturated rings. The van der Waals surface area contributed by atoms with Crippen LogP contribution in [0.15, 0.2) is 0 Å². The van der Waals surface area contributed by atoms with E-state index in [2.05, 4.69) is 33.0 Å². The van der Waals surface area contributed by atoms with Gasteiger partial charge in [0.25, 0.3) is 0 Å². The highest BCUT2D eigenvalue weighted by molar-refractivity contribution is 4.70. The van der Waals surface area contributed by atoms with Crippen molar-refractivity contribution in [2.24, 2.45) is 17.8 Å². The van der Waals surface area contributed by atoms with Gasteiger partial charge in [-0.2, -0.15) is 0 Å². The van der Waals surface area contributed by atoms with Gasteiger partial charge in [-0.3, -0.25) is 0 Å². The molecule has 0 aromatic heterocycles. The lowest BCUT2D eigenvalue weighted by Gasteiger charge is -2.25. The molecule has 2 unspecified atom stereocenters. The predicted octanol–water partition coefficient (Wildman–Crippen LogP) is 2.93. The lowest BCUT2D eigenvalue weighted by Crippen LogP contribution is -2.28. The normalized spacial score (nSPS) is 15.6. The van der Waals surface area contributed by atoms with Crippen LogP contribution in [0.4, 0.5) is 0 Å². The molecule has 0 spiro atoms. The first-order valence-electron chi connectivity index (χ1n) is 6.31. The van der Waals surface area contributed by atoms with Gasteiger partial charge in [0.05, 0.1) is 0 Å². The molecule has 2 atom stereocenters. The molecule has 0 saturated carbocycles. The van der Waals surface area contributed by atoms with Crippen LogP contribution in [0.1, 0.15) is 40.5 Å². The van der Waals surface area contributed by atoms with Crippen molar-refractivity contribution in [3.63, 3.8) is 0 Å². The molecule has 0 aromatic carbocycles. The molecule has 0 aliphatic rings. The van der Waals surface area contributed by atoms with Gasteiger partial charge in [0.15, 0.2) is 0 Å². The molecule has 1 N–H and O–H groups in total. The molecule has 0 radical (unpaired) electrons. The summed E-state index contributed by atoms with van der Waals surface area (Å²) in [5.41, 5.74) is 0. The molecule has 0 bridgehead atoms. The van der Waals surface area contributed by atoms with Crippen molar-refractivity contribution < 1.29 is 4.74 Å². The van der Waals surface area contributed by atoms with E-state index < -0.39 is 0 Å². The summed E-state index contributed by atoms with van der Waals surface area (Å²) in [5, 5.41) is 3.47. The average Bonchev–Trinajstić information content (AvgIpc) is 2.20. The van der Waals surface area contributed by atoms with E-state index >= 15 is 0 Å². The molecular weight excluding hydrogens is 186 g/mol. The van der Waals surface area contributed by atoms with Gasteiger partial charge in [-0.25, -0.2) is 0 Å². The zero-order valence-electron chi connectivity index (χ0n) is 11.2. The van der Waals surface area contributed by atoms with Crippen molar-refractivity contribution in [1.82, 2.24) is 5.32 Å². The van der Waals surface area contributed by atoms with E-state index in [-0.39, 0.29) is 0 Å². The van der Waals surface area contributed by atoms with Crippen LogP contribution in [0.25, 0.3) is 0 Å². The highest BCUT2D eigenvalue weighted by Gasteiger charge is 2.17. The smallest absolute Gasteiger partial charge is 0.0464 e. The van der Waals surface area contributed by atoms with Gasteiger partial charge in [-0.15, -0.1) is 0 Å². The summed E-state index contributed by atoms with van der Waals surface area (Å²) in [6.07, 6.45) is 2.50. The van der Waals surface area contributed by atoms with Gasteiger partial charge in [0.2, 0.25) is 0 Å². The minimum Gasteiger partial charge on any atom is -0.385 e. The third-order valence-electron chi connectivity index (χ3n) is 3.01. The van der Waals surface area contributed by atoms with Crippen LogP contribution in [0.3, 0.4) is 0 Å². The van der Waals surface area contributed by atoms with Crippen LogP contribution in [0.2, 0.25) is 0 Å². The van der Waals surface area contributed by atoms with Crippen molar-refractivity contribution in [1.29, 1.82) is 0 Å². The molecule has 0 aliphatic carbocycles. The molecule has 0 aromatic rings. The van der Waals surface area contributed by atoms with Gasteiger partial charge in [0, 0.05) is 13.7 Å². The molecule has 2 nitrogen and oxygen atoms in total. The van der Waals surface area contributed by atoms with Crippen LogP contribution in [0.5, 0.6) is 0 Å². The van der Waals surface area contributed by atoms with Crippen LogP contribution in [-0.4, -0.2) is 26.8 Å². The van der Waals surface area contributed by atoms with Crippen LogP contribution in [-0.2, 0) is 4.74 Å². The molecule has 0 amide bonds. The second-order valence-corrected chi connectivity index (χ2v) is 4.96. The highest BCUT2D eigenvalue weighted by atomic mass is 16.5. The lowest BCUT2D eigenvalue weighted by atomic mass is 9.84. The molecule has 0 aliphatic heterocycles. The summed E-state index contributed by atoms with van der Waals surface area (Å²) >= 11 is 0. The second kappa shape index (κ2) is 9.17. The minimum absolute atomic E-state index is 0.756. The van der Waals surface area contributed by atoms with Crippen LogP contribution < -0.4 is 5.32 Å². The highest BCUT2D eigenvalue weighted by Crippen LogP contribution is 2.22. The summed E-state index contributed by atoms with van der Waals surface area (Å²) in [5.74, 6) is 2.34. The van der Waals surface area contributed by atoms with Gasteiger partial charge in [0.1, 0.15) is 0 Å². The average molecular weight is 215 g/mol. The molecule has 0 heterocycles. The standard InChI is InChI=1S/C13H29NO/c1-6-14-10-13(9-11(2)3)12(4)7-8-15-5/h11-14H,6-10H2,1-5H3. The van der Waals surface area contributed by atoms with Crippen molar-refractivity contribution in [2.75, 3.05) is 26.8 Å². The Labute approximate surface area is 95.8 Å². The van der Waals surface area contributed by atoms with Crippen LogP contribution >= 0.6 is 0 Å². The maximum Gasteiger partial charge on any atom is 0.0464 e. The second-order valence-electron chi connectivity index (χ2n) is 4.96. The SMILES string of the molecule is CCNCC(CC(C)C)C(C)CCOC. The molecule has 0 saturated heterocycles. The number of rotatable bonds is 9. The van der Waals surface area contributed by atoms with Gasteiger partial charge < -0.3 is 10.1 Å². The number of methoxy groups -OCH3 is 1. The first kappa shape index (κ1) is 14.9. The Morgan fingerprint density at radius 1 is 1.20 bits per heavy atom. The van der Waals surface area contributed by atoms with Crippen molar-refractivity contribution in [3.8, 4) is 0 Å². The first-order valence-corrected chi connectivity index (χ1v) is 6.31. The Morgan fingerprint density at radius 2 is 1.87 bits per heavy atom. The maximum atomic E-state index is 5.15. The monoisotopic (exact) mass is 215 g/mol. The topological polar surface area (TPSA) is 21.3 Å². The maximum absolute atomic E-state index is 5.15. The van der Waals surface area contributed by atoms with E-state index in [0.29, 0.717) is 0 Å². The van der Waals surface area contributed by atoms with E-state index in [1.165, 1.54) is 12.8 Å². The van der Waals surface area contributed by atoms with Crippen LogP contribution in [0, 0.1) is 17.8 Å². The fourth-order valence-electron chi connectivity index (χ4n) is 1.99. The van der Waals surface area contributed by atoms with E-state index in [1.54, 1.807) is 7.11 Å². The number of hydrogen-bond donors (Lipinski definition) is 1. The predicted molar refractivity (Wildman–Crippen MR) is 67.1 cm³/mol. The quantitative estimate of drug-likeness (QED) is 0.638. The van der Waals surface area contributed by atoms with E-state index in [1.807, 2.05) is 0 Å². The fourth-order valence-corrected chi connectivity index (χ4v) is 1.99. The Morgan fingerprint density at radius 3 is 2.33 bits per heavy atom. The van der Waals surface area contributed by atoms with E-state index in [4.69, 9.17) is 4.74 Å². The lowest BCUT2D eigenvalue weighted by molar-refractivity contribution is 0.158. The van der Waals surface area contributed by atoms with Gasteiger partial charge in [-0.1, -0.05) is 27.7 Å². The Hall–Kier alpha value is -0.0800. The van der Waals surface area contributed by atoms with Crippen molar-refractivity contribution in [2.45, 2.75) is 40.5 Å². The summed E-state index contributed by atoms with van der Waals surface area (Å²) in [4.78, 5) is 0. The Kier molecular flexibility index (Phi) is 9.12. The third kappa shape index (κ3) is 7.80. The third-order valence-corrected chi connectivity index (χ3v) is 3.01. The summed E-state index contributed by atoms with van der Waals surface area (Å²) in [7, 11) is 1.79. The molecule has 92 valence electrons. The number of ether oxygens (including phenoxy) is 1. The van der Waals surface area contributed by atoms with Crippen molar-refractivity contribution >= 4 is 0 Å². The van der Waals surface area contributed by atoms with Crippen molar-refractivity contribution in [3.05, 3.63) is 0 Å². The van der Waals surface area contributed by atoms with Gasteiger partial charge >= 0.3 is 0 Å². The molecule has 15 heavy (non-hydrogen) atoms. The minimum atomic E-state index is 0.756. The molecular formula is C13H29NO. The van der Waals surface area contributed by atoms with Gasteiger partial charge in [-0.05, 0) is 43.7 Å². The Bertz CT molecular complexity index is 136. The number of nitrogens with one attached hydrogen (secondary N) is 1. The number of hydrogen-bond acceptors (Lipinski definition) is 2. The fraction of sp³-hybridized carbons (Fsp3) is 1.00. The van der Waals surface area contributed by atoms with E-state index in [9.17, 15) is 0 Å².